The Labute approximate surface area is 65.9 Å². The number of β-amino-alcohol motifs (C(OH)–C–C–N with tert-alkyl or cyclic N) is 1. The van der Waals surface area contributed by atoms with Crippen LogP contribution in [-0.2, 0) is 0 Å². The summed E-state index contributed by atoms with van der Waals surface area (Å²) in [4.78, 5) is 0. The van der Waals surface area contributed by atoms with Crippen molar-refractivity contribution in [3.63, 3.8) is 0 Å². The first-order valence-electron chi connectivity index (χ1n) is 3.88. The normalized spacial score (nSPS) is 46.9. The maximum Gasteiger partial charge on any atom is 0.107 e. The van der Waals surface area contributed by atoms with Crippen molar-refractivity contribution in [3.05, 3.63) is 0 Å². The second-order valence-corrected chi connectivity index (χ2v) is 3.18. The Balaban J connectivity index is 2.58. The molecule has 0 aromatic carbocycles. The fourth-order valence-corrected chi connectivity index (χ4v) is 1.26. The summed E-state index contributed by atoms with van der Waals surface area (Å²) in [7, 11) is 0. The molecule has 0 radical (unpaired) electrons. The molecule has 0 saturated carbocycles. The standard InChI is InChI=1S/C7H15NO3/c1-4-2-8-3-5(9)7(11)6(4)10/h4-11H,2-3H2,1H3/t4-,5-,6+,7+/m0/s1. The highest BCUT2D eigenvalue weighted by Gasteiger charge is 2.31. The Bertz CT molecular complexity index is 117. The second-order valence-electron chi connectivity index (χ2n) is 3.18. The summed E-state index contributed by atoms with van der Waals surface area (Å²) < 4.78 is 0. The predicted molar refractivity (Wildman–Crippen MR) is 40.1 cm³/mol. The Kier molecular flexibility index (Phi) is 2.84. The van der Waals surface area contributed by atoms with Gasteiger partial charge in [0.1, 0.15) is 6.10 Å². The molecule has 0 bridgehead atoms. The van der Waals surface area contributed by atoms with E-state index in [1.54, 1.807) is 0 Å². The number of hydrogen-bond acceptors (Lipinski definition) is 4. The SMILES string of the molecule is C[C@H]1CNC[C@H](O)[C@@H](O)[C@@H]1O. The molecule has 1 saturated heterocycles. The van der Waals surface area contributed by atoms with Crippen molar-refractivity contribution in [2.45, 2.75) is 25.2 Å². The van der Waals surface area contributed by atoms with Gasteiger partial charge in [-0.3, -0.25) is 0 Å². The third kappa shape index (κ3) is 1.90. The van der Waals surface area contributed by atoms with Crippen molar-refractivity contribution in [1.29, 1.82) is 0 Å². The lowest BCUT2D eigenvalue weighted by atomic mass is 9.99. The van der Waals surface area contributed by atoms with E-state index in [0.29, 0.717) is 13.1 Å². The largest absolute Gasteiger partial charge is 0.390 e. The highest BCUT2D eigenvalue weighted by Crippen LogP contribution is 2.12. The third-order valence-corrected chi connectivity index (χ3v) is 2.15. The molecule has 1 heterocycles. The molecule has 4 N–H and O–H groups in total. The van der Waals surface area contributed by atoms with Crippen LogP contribution in [-0.4, -0.2) is 46.7 Å². The average Bonchev–Trinajstić information content (AvgIpc) is 2.07. The van der Waals surface area contributed by atoms with Crippen LogP contribution >= 0.6 is 0 Å². The summed E-state index contributed by atoms with van der Waals surface area (Å²) in [5.41, 5.74) is 0. The number of nitrogens with one attached hydrogen (secondary N) is 1. The van der Waals surface area contributed by atoms with E-state index in [4.69, 9.17) is 0 Å². The van der Waals surface area contributed by atoms with Crippen LogP contribution in [0.5, 0.6) is 0 Å². The second kappa shape index (κ2) is 3.49. The number of aliphatic hydroxyl groups excluding tert-OH is 3. The van der Waals surface area contributed by atoms with E-state index in [0.717, 1.165) is 0 Å². The summed E-state index contributed by atoms with van der Waals surface area (Å²) in [5.74, 6) is -0.0119. The van der Waals surface area contributed by atoms with Crippen molar-refractivity contribution in [1.82, 2.24) is 5.32 Å². The Morgan fingerprint density at radius 3 is 2.36 bits per heavy atom. The Hall–Kier alpha value is -0.160. The van der Waals surface area contributed by atoms with Gasteiger partial charge in [-0.25, -0.2) is 0 Å². The van der Waals surface area contributed by atoms with E-state index in [1.165, 1.54) is 0 Å². The van der Waals surface area contributed by atoms with Crippen LogP contribution in [0.15, 0.2) is 0 Å². The third-order valence-electron chi connectivity index (χ3n) is 2.15. The van der Waals surface area contributed by atoms with Crippen molar-refractivity contribution in [3.8, 4) is 0 Å². The number of hydrogen-bond donors (Lipinski definition) is 4. The molecular weight excluding hydrogens is 146 g/mol. The van der Waals surface area contributed by atoms with Crippen molar-refractivity contribution in [2.24, 2.45) is 5.92 Å². The van der Waals surface area contributed by atoms with Crippen molar-refractivity contribution in [2.75, 3.05) is 13.1 Å². The molecule has 1 fully saturated rings. The van der Waals surface area contributed by atoms with Gasteiger partial charge in [0.05, 0.1) is 12.2 Å². The molecule has 11 heavy (non-hydrogen) atoms. The molecular formula is C7H15NO3. The molecule has 1 rings (SSSR count). The summed E-state index contributed by atoms with van der Waals surface area (Å²) in [5, 5.41) is 30.7. The van der Waals surface area contributed by atoms with E-state index in [9.17, 15) is 15.3 Å². The molecule has 0 aromatic heterocycles. The smallest absolute Gasteiger partial charge is 0.107 e. The van der Waals surface area contributed by atoms with E-state index in [1.807, 2.05) is 6.92 Å². The zero-order valence-corrected chi connectivity index (χ0v) is 6.57. The lowest BCUT2D eigenvalue weighted by molar-refractivity contribution is -0.0647. The fourth-order valence-electron chi connectivity index (χ4n) is 1.26. The molecule has 4 nitrogen and oxygen atoms in total. The topological polar surface area (TPSA) is 72.7 Å². The Morgan fingerprint density at radius 1 is 1.09 bits per heavy atom. The van der Waals surface area contributed by atoms with Crippen molar-refractivity contribution >= 4 is 0 Å². The van der Waals surface area contributed by atoms with Gasteiger partial charge in [-0.2, -0.15) is 0 Å². The van der Waals surface area contributed by atoms with Crippen LogP contribution in [0.1, 0.15) is 6.92 Å². The molecule has 1 aliphatic heterocycles. The van der Waals surface area contributed by atoms with Crippen LogP contribution in [0.3, 0.4) is 0 Å². The van der Waals surface area contributed by atoms with Gasteiger partial charge in [0.25, 0.3) is 0 Å². The van der Waals surface area contributed by atoms with Gasteiger partial charge < -0.3 is 20.6 Å². The molecule has 0 spiro atoms. The minimum atomic E-state index is -1.01. The van der Waals surface area contributed by atoms with Gasteiger partial charge >= 0.3 is 0 Å². The van der Waals surface area contributed by atoms with E-state index in [2.05, 4.69) is 5.32 Å². The zero-order valence-electron chi connectivity index (χ0n) is 6.57. The van der Waals surface area contributed by atoms with Crippen LogP contribution in [0, 0.1) is 5.92 Å². The van der Waals surface area contributed by atoms with E-state index < -0.39 is 18.3 Å². The first-order valence-corrected chi connectivity index (χ1v) is 3.88. The van der Waals surface area contributed by atoms with Crippen molar-refractivity contribution < 1.29 is 15.3 Å². The lowest BCUT2D eigenvalue weighted by Crippen LogP contribution is -2.40. The maximum atomic E-state index is 9.35. The van der Waals surface area contributed by atoms with E-state index in [-0.39, 0.29) is 5.92 Å². The summed E-state index contributed by atoms with van der Waals surface area (Å²) in [6, 6.07) is 0. The minimum Gasteiger partial charge on any atom is -0.390 e. The molecule has 0 unspecified atom stereocenters. The molecule has 0 amide bonds. The molecule has 4 heteroatoms. The van der Waals surface area contributed by atoms with Crippen LogP contribution in [0.25, 0.3) is 0 Å². The first-order chi connectivity index (χ1) is 5.13. The lowest BCUT2D eigenvalue weighted by Gasteiger charge is -2.21. The fraction of sp³-hybridized carbons (Fsp3) is 1.00. The average molecular weight is 161 g/mol. The molecule has 66 valence electrons. The Morgan fingerprint density at radius 2 is 1.73 bits per heavy atom. The maximum absolute atomic E-state index is 9.35. The molecule has 0 aliphatic carbocycles. The van der Waals surface area contributed by atoms with Crippen LogP contribution in [0.4, 0.5) is 0 Å². The van der Waals surface area contributed by atoms with Gasteiger partial charge in [0.2, 0.25) is 0 Å². The number of aliphatic hydroxyl groups is 3. The van der Waals surface area contributed by atoms with Gasteiger partial charge in [-0.15, -0.1) is 0 Å². The van der Waals surface area contributed by atoms with Gasteiger partial charge in [-0.05, 0) is 5.92 Å². The molecule has 4 atom stereocenters. The van der Waals surface area contributed by atoms with Gasteiger partial charge in [0.15, 0.2) is 0 Å². The van der Waals surface area contributed by atoms with Gasteiger partial charge in [0, 0.05) is 13.1 Å². The highest BCUT2D eigenvalue weighted by atomic mass is 16.4. The van der Waals surface area contributed by atoms with Crippen LogP contribution in [0.2, 0.25) is 0 Å². The highest BCUT2D eigenvalue weighted by molar-refractivity contribution is 4.84. The van der Waals surface area contributed by atoms with Crippen LogP contribution < -0.4 is 5.32 Å². The molecule has 1 aliphatic rings. The quantitative estimate of drug-likeness (QED) is 0.342. The van der Waals surface area contributed by atoms with Gasteiger partial charge in [-0.1, -0.05) is 6.92 Å². The monoisotopic (exact) mass is 161 g/mol. The summed E-state index contributed by atoms with van der Waals surface area (Å²) >= 11 is 0. The predicted octanol–water partition coefficient (Wildman–Crippen LogP) is -1.69. The summed E-state index contributed by atoms with van der Waals surface area (Å²) in [6.07, 6.45) is -2.69. The first kappa shape index (κ1) is 8.93. The number of rotatable bonds is 0. The van der Waals surface area contributed by atoms with E-state index >= 15 is 0 Å². The molecule has 0 aromatic rings. The zero-order chi connectivity index (χ0) is 8.43. The summed E-state index contributed by atoms with van der Waals surface area (Å²) in [6.45, 7) is 2.82. The minimum absolute atomic E-state index is 0.0119.